The number of halogens is 1. The zero-order valence-corrected chi connectivity index (χ0v) is 10.1. The van der Waals surface area contributed by atoms with Crippen LogP contribution in [0.2, 0.25) is 5.02 Å². The van der Waals surface area contributed by atoms with Crippen molar-refractivity contribution in [2.45, 2.75) is 19.9 Å². The van der Waals surface area contributed by atoms with Gasteiger partial charge in [0.15, 0.2) is 0 Å². The normalized spacial score (nSPS) is 11.0. The Morgan fingerprint density at radius 3 is 2.75 bits per heavy atom. The third kappa shape index (κ3) is 1.91. The largest absolute Gasteiger partial charge is 0.399 e. The summed E-state index contributed by atoms with van der Waals surface area (Å²) in [6, 6.07) is 7.93. The Bertz CT molecular complexity index is 503. The first-order valence-corrected chi connectivity index (χ1v) is 5.56. The standard InChI is InChI=1S/C12H14ClN3/c1-8(2)16-12(11(13)7-15-16)9-4-3-5-10(14)6-9/h3-8H,14H2,1-2H3. The molecular formula is C12H14ClN3. The van der Waals surface area contributed by atoms with Gasteiger partial charge >= 0.3 is 0 Å². The number of nitrogens with two attached hydrogens (primary N) is 1. The fraction of sp³-hybridized carbons (Fsp3) is 0.250. The molecule has 0 aliphatic rings. The molecule has 16 heavy (non-hydrogen) atoms. The third-order valence-corrected chi connectivity index (χ3v) is 2.68. The Balaban J connectivity index is 2.59. The average molecular weight is 236 g/mol. The Labute approximate surface area is 99.8 Å². The highest BCUT2D eigenvalue weighted by Gasteiger charge is 2.13. The lowest BCUT2D eigenvalue weighted by molar-refractivity contribution is 0.538. The summed E-state index contributed by atoms with van der Waals surface area (Å²) in [5.74, 6) is 0. The number of nitrogens with zero attached hydrogens (tertiary/aromatic N) is 2. The predicted molar refractivity (Wildman–Crippen MR) is 67.5 cm³/mol. The van der Waals surface area contributed by atoms with E-state index in [4.69, 9.17) is 17.3 Å². The Kier molecular flexibility index (Phi) is 2.88. The van der Waals surface area contributed by atoms with Crippen LogP contribution in [-0.4, -0.2) is 9.78 Å². The zero-order valence-electron chi connectivity index (χ0n) is 9.31. The van der Waals surface area contributed by atoms with Crippen LogP contribution in [0.5, 0.6) is 0 Å². The molecule has 0 aliphatic carbocycles. The van der Waals surface area contributed by atoms with Crippen LogP contribution in [0.1, 0.15) is 19.9 Å². The smallest absolute Gasteiger partial charge is 0.0872 e. The third-order valence-electron chi connectivity index (χ3n) is 2.40. The number of hydrogen-bond acceptors (Lipinski definition) is 2. The van der Waals surface area contributed by atoms with Crippen LogP contribution in [0.15, 0.2) is 30.5 Å². The van der Waals surface area contributed by atoms with Crippen molar-refractivity contribution in [1.29, 1.82) is 0 Å². The van der Waals surface area contributed by atoms with Crippen molar-refractivity contribution >= 4 is 17.3 Å². The molecule has 2 rings (SSSR count). The molecule has 0 amide bonds. The van der Waals surface area contributed by atoms with Crippen LogP contribution in [-0.2, 0) is 0 Å². The maximum absolute atomic E-state index is 6.15. The molecule has 84 valence electrons. The van der Waals surface area contributed by atoms with Gasteiger partial charge in [-0.15, -0.1) is 0 Å². The molecule has 0 spiro atoms. The Morgan fingerprint density at radius 1 is 1.38 bits per heavy atom. The lowest BCUT2D eigenvalue weighted by Gasteiger charge is -2.11. The van der Waals surface area contributed by atoms with E-state index in [2.05, 4.69) is 18.9 Å². The second-order valence-electron chi connectivity index (χ2n) is 4.00. The molecule has 0 radical (unpaired) electrons. The van der Waals surface area contributed by atoms with Gasteiger partial charge in [-0.3, -0.25) is 4.68 Å². The van der Waals surface area contributed by atoms with Crippen molar-refractivity contribution in [3.8, 4) is 11.3 Å². The summed E-state index contributed by atoms with van der Waals surface area (Å²) in [7, 11) is 0. The van der Waals surface area contributed by atoms with Gasteiger partial charge in [0.25, 0.3) is 0 Å². The molecule has 0 bridgehead atoms. The minimum absolute atomic E-state index is 0.268. The molecule has 0 saturated carbocycles. The van der Waals surface area contributed by atoms with Crippen molar-refractivity contribution < 1.29 is 0 Å². The lowest BCUT2D eigenvalue weighted by atomic mass is 10.1. The number of nitrogen functional groups attached to an aromatic ring is 1. The quantitative estimate of drug-likeness (QED) is 0.812. The van der Waals surface area contributed by atoms with Gasteiger partial charge in [0.05, 0.1) is 16.9 Å². The number of anilines is 1. The van der Waals surface area contributed by atoms with Crippen LogP contribution in [0.25, 0.3) is 11.3 Å². The minimum atomic E-state index is 0.268. The van der Waals surface area contributed by atoms with Crippen molar-refractivity contribution in [2.75, 3.05) is 5.73 Å². The number of rotatable bonds is 2. The molecule has 3 nitrogen and oxygen atoms in total. The fourth-order valence-corrected chi connectivity index (χ4v) is 1.93. The van der Waals surface area contributed by atoms with E-state index in [0.717, 1.165) is 16.9 Å². The van der Waals surface area contributed by atoms with E-state index in [1.54, 1.807) is 6.20 Å². The molecule has 0 atom stereocenters. The number of benzene rings is 1. The highest BCUT2D eigenvalue weighted by molar-refractivity contribution is 6.33. The van der Waals surface area contributed by atoms with Crippen molar-refractivity contribution in [3.63, 3.8) is 0 Å². The summed E-state index contributed by atoms with van der Waals surface area (Å²) in [5, 5.41) is 4.92. The highest BCUT2D eigenvalue weighted by Crippen LogP contribution is 2.30. The maximum Gasteiger partial charge on any atom is 0.0872 e. The zero-order chi connectivity index (χ0) is 11.7. The molecule has 0 aliphatic heterocycles. The summed E-state index contributed by atoms with van der Waals surface area (Å²) < 4.78 is 1.90. The van der Waals surface area contributed by atoms with E-state index < -0.39 is 0 Å². The molecule has 1 heterocycles. The average Bonchev–Trinajstić information content (AvgIpc) is 2.60. The molecule has 0 saturated heterocycles. The predicted octanol–water partition coefficient (Wildman–Crippen LogP) is 3.37. The first kappa shape index (κ1) is 11.0. The topological polar surface area (TPSA) is 43.8 Å². The van der Waals surface area contributed by atoms with Gasteiger partial charge in [-0.1, -0.05) is 23.7 Å². The summed E-state index contributed by atoms with van der Waals surface area (Å²) in [6.07, 6.45) is 1.67. The summed E-state index contributed by atoms with van der Waals surface area (Å²) in [4.78, 5) is 0. The van der Waals surface area contributed by atoms with Gasteiger partial charge in [-0.05, 0) is 26.0 Å². The van der Waals surface area contributed by atoms with E-state index in [-0.39, 0.29) is 6.04 Å². The number of hydrogen-bond donors (Lipinski definition) is 1. The first-order valence-electron chi connectivity index (χ1n) is 5.18. The van der Waals surface area contributed by atoms with Gasteiger partial charge < -0.3 is 5.73 Å². The maximum atomic E-state index is 6.15. The van der Waals surface area contributed by atoms with Gasteiger partial charge in [-0.2, -0.15) is 5.10 Å². The van der Waals surface area contributed by atoms with Crippen LogP contribution < -0.4 is 5.73 Å². The fourth-order valence-electron chi connectivity index (χ4n) is 1.69. The first-order chi connectivity index (χ1) is 7.59. The summed E-state index contributed by atoms with van der Waals surface area (Å²) in [6.45, 7) is 4.14. The molecule has 1 aromatic heterocycles. The van der Waals surface area contributed by atoms with E-state index in [9.17, 15) is 0 Å². The minimum Gasteiger partial charge on any atom is -0.399 e. The molecule has 0 unspecified atom stereocenters. The van der Waals surface area contributed by atoms with Gasteiger partial charge in [0.2, 0.25) is 0 Å². The molecule has 4 heteroatoms. The molecule has 1 aromatic carbocycles. The van der Waals surface area contributed by atoms with E-state index in [1.807, 2.05) is 28.9 Å². The summed E-state index contributed by atoms with van der Waals surface area (Å²) >= 11 is 6.15. The van der Waals surface area contributed by atoms with E-state index >= 15 is 0 Å². The SMILES string of the molecule is CC(C)n1ncc(Cl)c1-c1cccc(N)c1. The van der Waals surface area contributed by atoms with Crippen LogP contribution in [0, 0.1) is 0 Å². The Morgan fingerprint density at radius 2 is 2.12 bits per heavy atom. The Hall–Kier alpha value is -1.48. The second-order valence-corrected chi connectivity index (χ2v) is 4.41. The van der Waals surface area contributed by atoms with Crippen molar-refractivity contribution in [2.24, 2.45) is 0 Å². The highest BCUT2D eigenvalue weighted by atomic mass is 35.5. The van der Waals surface area contributed by atoms with Gasteiger partial charge in [0, 0.05) is 17.3 Å². The summed E-state index contributed by atoms with van der Waals surface area (Å²) in [5.41, 5.74) is 8.41. The van der Waals surface area contributed by atoms with Crippen molar-refractivity contribution in [3.05, 3.63) is 35.5 Å². The van der Waals surface area contributed by atoms with Crippen LogP contribution in [0.3, 0.4) is 0 Å². The number of aromatic nitrogens is 2. The van der Waals surface area contributed by atoms with Gasteiger partial charge in [0.1, 0.15) is 0 Å². The molecule has 2 aromatic rings. The van der Waals surface area contributed by atoms with Crippen molar-refractivity contribution in [1.82, 2.24) is 9.78 Å². The van der Waals surface area contributed by atoms with Gasteiger partial charge in [-0.25, -0.2) is 0 Å². The molecular weight excluding hydrogens is 222 g/mol. The van der Waals surface area contributed by atoms with E-state index in [1.165, 1.54) is 0 Å². The lowest BCUT2D eigenvalue weighted by Crippen LogP contribution is -2.04. The molecule has 2 N–H and O–H groups in total. The van der Waals surface area contributed by atoms with Crippen LogP contribution >= 0.6 is 11.6 Å². The second kappa shape index (κ2) is 4.18. The molecule has 0 fully saturated rings. The monoisotopic (exact) mass is 235 g/mol. The van der Waals surface area contributed by atoms with E-state index in [0.29, 0.717) is 5.02 Å². The van der Waals surface area contributed by atoms with Crippen LogP contribution in [0.4, 0.5) is 5.69 Å².